The topological polar surface area (TPSA) is 71.3 Å². The first-order chi connectivity index (χ1) is 13.6. The molecule has 1 aromatic carbocycles. The Morgan fingerprint density at radius 2 is 1.71 bits per heavy atom. The summed E-state index contributed by atoms with van der Waals surface area (Å²) in [6, 6.07) is 14.5. The van der Waals surface area contributed by atoms with Gasteiger partial charge in [0.2, 0.25) is 0 Å². The molecule has 0 unspecified atom stereocenters. The lowest BCUT2D eigenvalue weighted by molar-refractivity contribution is 0.0746. The predicted octanol–water partition coefficient (Wildman–Crippen LogP) is 1.90. The average Bonchev–Trinajstić information content (AvgIpc) is 2.75. The fourth-order valence-electron chi connectivity index (χ4n) is 3.25. The van der Waals surface area contributed by atoms with Crippen LogP contribution in [0.2, 0.25) is 0 Å². The Balaban J connectivity index is 1.49. The number of carbonyl (C=O) groups excluding carboxylic acids is 1. The number of rotatable bonds is 3. The minimum atomic E-state index is -0.169. The van der Waals surface area contributed by atoms with E-state index in [1.807, 2.05) is 36.1 Å². The number of hydrogen-bond donors (Lipinski definition) is 0. The van der Waals surface area contributed by atoms with Gasteiger partial charge in [-0.25, -0.2) is 0 Å². The Bertz CT molecular complexity index is 1020. The van der Waals surface area contributed by atoms with E-state index >= 15 is 0 Å². The second-order valence-electron chi connectivity index (χ2n) is 6.80. The van der Waals surface area contributed by atoms with E-state index < -0.39 is 0 Å². The first-order valence-corrected chi connectivity index (χ1v) is 9.23. The zero-order valence-electron chi connectivity index (χ0n) is 15.7. The van der Waals surface area contributed by atoms with Gasteiger partial charge < -0.3 is 9.80 Å². The molecule has 0 N–H and O–H groups in total. The maximum Gasteiger partial charge on any atom is 0.271 e. The molecule has 1 saturated heterocycles. The van der Waals surface area contributed by atoms with Gasteiger partial charge in [-0.1, -0.05) is 17.7 Å². The van der Waals surface area contributed by atoms with Crippen LogP contribution in [0.25, 0.3) is 5.69 Å². The van der Waals surface area contributed by atoms with Gasteiger partial charge in [-0.05, 0) is 37.3 Å². The van der Waals surface area contributed by atoms with Crippen molar-refractivity contribution in [2.24, 2.45) is 0 Å². The summed E-state index contributed by atoms with van der Waals surface area (Å²) in [5, 5.41) is 4.54. The van der Waals surface area contributed by atoms with Gasteiger partial charge in [-0.3, -0.25) is 14.6 Å². The van der Waals surface area contributed by atoms with Gasteiger partial charge in [0.25, 0.3) is 11.5 Å². The molecule has 4 rings (SSSR count). The normalized spacial score (nSPS) is 14.2. The van der Waals surface area contributed by atoms with Crippen LogP contribution in [0, 0.1) is 6.92 Å². The molecule has 0 radical (unpaired) electrons. The SMILES string of the molecule is Cc1ccc(-n2nc(N3CCN(C(=O)c4cccnc4)CC3)ccc2=O)cc1. The second kappa shape index (κ2) is 7.64. The average molecular weight is 375 g/mol. The molecular formula is C21H21N5O2. The smallest absolute Gasteiger partial charge is 0.271 e. The molecule has 0 spiro atoms. The summed E-state index contributed by atoms with van der Waals surface area (Å²) in [6.45, 7) is 4.51. The van der Waals surface area contributed by atoms with Crippen LogP contribution in [0.5, 0.6) is 0 Å². The van der Waals surface area contributed by atoms with Crippen LogP contribution in [0.1, 0.15) is 15.9 Å². The first kappa shape index (κ1) is 17.9. The fraction of sp³-hybridized carbons (Fsp3) is 0.238. The lowest BCUT2D eigenvalue weighted by atomic mass is 10.2. The highest BCUT2D eigenvalue weighted by Gasteiger charge is 2.23. The van der Waals surface area contributed by atoms with Gasteiger partial charge in [0.05, 0.1) is 11.3 Å². The highest BCUT2D eigenvalue weighted by molar-refractivity contribution is 5.94. The van der Waals surface area contributed by atoms with Gasteiger partial charge in [0.1, 0.15) is 5.82 Å². The third-order valence-electron chi connectivity index (χ3n) is 4.86. The molecule has 2 aromatic heterocycles. The number of amides is 1. The summed E-state index contributed by atoms with van der Waals surface area (Å²) >= 11 is 0. The van der Waals surface area contributed by atoms with E-state index in [-0.39, 0.29) is 11.5 Å². The minimum absolute atomic E-state index is 0.00895. The zero-order valence-corrected chi connectivity index (χ0v) is 15.7. The molecule has 1 fully saturated rings. The molecule has 7 heteroatoms. The maximum atomic E-state index is 12.6. The van der Waals surface area contributed by atoms with E-state index in [0.717, 1.165) is 17.1 Å². The molecule has 142 valence electrons. The molecular weight excluding hydrogens is 354 g/mol. The van der Waals surface area contributed by atoms with E-state index in [0.29, 0.717) is 31.7 Å². The fourth-order valence-corrected chi connectivity index (χ4v) is 3.25. The van der Waals surface area contributed by atoms with Crippen molar-refractivity contribution in [2.75, 3.05) is 31.1 Å². The van der Waals surface area contributed by atoms with Crippen molar-refractivity contribution < 1.29 is 4.79 Å². The van der Waals surface area contributed by atoms with E-state index in [4.69, 9.17) is 0 Å². The van der Waals surface area contributed by atoms with Crippen molar-refractivity contribution in [3.05, 3.63) is 82.4 Å². The number of hydrogen-bond acceptors (Lipinski definition) is 5. The van der Waals surface area contributed by atoms with Crippen LogP contribution in [0.3, 0.4) is 0 Å². The number of aryl methyl sites for hydroxylation is 1. The predicted molar refractivity (Wildman–Crippen MR) is 107 cm³/mol. The number of aromatic nitrogens is 3. The molecule has 28 heavy (non-hydrogen) atoms. The summed E-state index contributed by atoms with van der Waals surface area (Å²) in [7, 11) is 0. The zero-order chi connectivity index (χ0) is 19.5. The highest BCUT2D eigenvalue weighted by atomic mass is 16.2. The van der Waals surface area contributed by atoms with E-state index in [1.165, 1.54) is 10.7 Å². The van der Waals surface area contributed by atoms with Crippen molar-refractivity contribution in [2.45, 2.75) is 6.92 Å². The third kappa shape index (κ3) is 3.64. The van der Waals surface area contributed by atoms with Crippen molar-refractivity contribution in [3.8, 4) is 5.69 Å². The first-order valence-electron chi connectivity index (χ1n) is 9.23. The lowest BCUT2D eigenvalue weighted by Crippen LogP contribution is -2.49. The van der Waals surface area contributed by atoms with Crippen LogP contribution >= 0.6 is 0 Å². The Hall–Kier alpha value is -3.48. The van der Waals surface area contributed by atoms with Gasteiger partial charge >= 0.3 is 0 Å². The van der Waals surface area contributed by atoms with Crippen LogP contribution in [0.15, 0.2) is 65.7 Å². The molecule has 3 heterocycles. The number of carbonyl (C=O) groups is 1. The van der Waals surface area contributed by atoms with Crippen molar-refractivity contribution in [1.29, 1.82) is 0 Å². The molecule has 3 aromatic rings. The van der Waals surface area contributed by atoms with Crippen molar-refractivity contribution in [1.82, 2.24) is 19.7 Å². The maximum absolute atomic E-state index is 12.6. The quantitative estimate of drug-likeness (QED) is 0.699. The van der Waals surface area contributed by atoms with E-state index in [9.17, 15) is 9.59 Å². The third-order valence-corrected chi connectivity index (χ3v) is 4.86. The van der Waals surface area contributed by atoms with Gasteiger partial charge in [-0.2, -0.15) is 4.68 Å². The Labute approximate surface area is 162 Å². The molecule has 0 bridgehead atoms. The standard InChI is InChI=1S/C21H21N5O2/c1-16-4-6-18(7-5-16)26-20(27)9-8-19(23-26)24-11-13-25(14-12-24)21(28)17-3-2-10-22-15-17/h2-10,15H,11-14H2,1H3. The highest BCUT2D eigenvalue weighted by Crippen LogP contribution is 2.15. The summed E-state index contributed by atoms with van der Waals surface area (Å²) in [6.07, 6.45) is 3.25. The van der Waals surface area contributed by atoms with Gasteiger partial charge in [0, 0.05) is 44.6 Å². The van der Waals surface area contributed by atoms with Crippen molar-refractivity contribution in [3.63, 3.8) is 0 Å². The number of nitrogens with zero attached hydrogens (tertiary/aromatic N) is 5. The molecule has 1 aliphatic rings. The number of pyridine rings is 1. The van der Waals surface area contributed by atoms with Gasteiger partial charge in [-0.15, -0.1) is 5.10 Å². The van der Waals surface area contributed by atoms with Crippen LogP contribution < -0.4 is 10.5 Å². The second-order valence-corrected chi connectivity index (χ2v) is 6.80. The largest absolute Gasteiger partial charge is 0.352 e. The summed E-state index contributed by atoms with van der Waals surface area (Å²) in [5.41, 5.74) is 2.30. The molecule has 7 nitrogen and oxygen atoms in total. The van der Waals surface area contributed by atoms with E-state index in [1.54, 1.807) is 30.6 Å². The summed E-state index contributed by atoms with van der Waals surface area (Å²) in [5.74, 6) is 0.721. The Morgan fingerprint density at radius 3 is 2.39 bits per heavy atom. The number of piperazine rings is 1. The lowest BCUT2D eigenvalue weighted by Gasteiger charge is -2.35. The van der Waals surface area contributed by atoms with Crippen LogP contribution in [-0.4, -0.2) is 51.8 Å². The van der Waals surface area contributed by atoms with Crippen LogP contribution in [0.4, 0.5) is 5.82 Å². The molecule has 1 amide bonds. The molecule has 1 aliphatic heterocycles. The summed E-state index contributed by atoms with van der Waals surface area (Å²) < 4.78 is 1.42. The molecule has 0 atom stereocenters. The number of benzene rings is 1. The van der Waals surface area contributed by atoms with E-state index in [2.05, 4.69) is 15.0 Å². The number of anilines is 1. The molecule has 0 saturated carbocycles. The van der Waals surface area contributed by atoms with Gasteiger partial charge in [0.15, 0.2) is 0 Å². The van der Waals surface area contributed by atoms with Crippen molar-refractivity contribution >= 4 is 11.7 Å². The Morgan fingerprint density at radius 1 is 0.964 bits per heavy atom. The minimum Gasteiger partial charge on any atom is -0.352 e. The monoisotopic (exact) mass is 375 g/mol. The summed E-state index contributed by atoms with van der Waals surface area (Å²) in [4.78, 5) is 32.8. The molecule has 0 aliphatic carbocycles. The Kier molecular flexibility index (Phi) is 4.89. The van der Waals surface area contributed by atoms with Crippen LogP contribution in [-0.2, 0) is 0 Å².